The number of carbonyl (C=O) groups is 1. The van der Waals surface area contributed by atoms with E-state index >= 15 is 0 Å². The van der Waals surface area contributed by atoms with Gasteiger partial charge in [0.1, 0.15) is 5.72 Å². The second-order valence-corrected chi connectivity index (χ2v) is 6.95. The Balaban J connectivity index is 2.04. The maximum Gasteiger partial charge on any atom is 0.232 e. The molecular formula is C16H25NO2. The van der Waals surface area contributed by atoms with Gasteiger partial charge < -0.3 is 9.64 Å². The van der Waals surface area contributed by atoms with Crippen LogP contribution in [0.2, 0.25) is 0 Å². The molecule has 0 spiro atoms. The molecule has 2 aliphatic heterocycles. The Labute approximate surface area is 116 Å². The molecule has 3 heteroatoms. The van der Waals surface area contributed by atoms with Crippen molar-refractivity contribution < 1.29 is 9.53 Å². The fraction of sp³-hybridized carbons (Fsp3) is 0.812. The van der Waals surface area contributed by atoms with Crippen LogP contribution in [0, 0.1) is 17.3 Å². The van der Waals surface area contributed by atoms with Crippen LogP contribution in [0.4, 0.5) is 0 Å². The zero-order valence-corrected chi connectivity index (χ0v) is 12.3. The van der Waals surface area contributed by atoms with Crippen molar-refractivity contribution in [1.82, 2.24) is 4.90 Å². The van der Waals surface area contributed by atoms with Gasteiger partial charge in [-0.15, -0.1) is 6.58 Å². The lowest BCUT2D eigenvalue weighted by molar-refractivity contribution is -0.143. The van der Waals surface area contributed by atoms with E-state index in [9.17, 15) is 4.79 Å². The van der Waals surface area contributed by atoms with E-state index in [0.717, 1.165) is 25.7 Å². The molecule has 0 aromatic rings. The highest BCUT2D eigenvalue weighted by Gasteiger charge is 2.69. The molecule has 3 aliphatic rings. The molecule has 0 aromatic heterocycles. The molecule has 3 fully saturated rings. The minimum Gasteiger partial charge on any atom is -0.353 e. The summed E-state index contributed by atoms with van der Waals surface area (Å²) in [6.07, 6.45) is 5.98. The number of allylic oxidation sites excluding steroid dienone is 1. The van der Waals surface area contributed by atoms with Crippen molar-refractivity contribution in [3.63, 3.8) is 0 Å². The second-order valence-electron chi connectivity index (χ2n) is 6.95. The fourth-order valence-electron chi connectivity index (χ4n) is 4.78. The predicted octanol–water partition coefficient (Wildman–Crippen LogP) is 2.96. The molecule has 2 saturated heterocycles. The van der Waals surface area contributed by atoms with E-state index in [0.29, 0.717) is 24.3 Å². The predicted molar refractivity (Wildman–Crippen MR) is 74.4 cm³/mol. The van der Waals surface area contributed by atoms with Crippen molar-refractivity contribution in [2.75, 3.05) is 6.61 Å². The first-order valence-electron chi connectivity index (χ1n) is 7.56. The summed E-state index contributed by atoms with van der Waals surface area (Å²) in [5.74, 6) is 1.12. The third kappa shape index (κ3) is 1.45. The molecular weight excluding hydrogens is 238 g/mol. The van der Waals surface area contributed by atoms with E-state index in [1.165, 1.54) is 0 Å². The van der Waals surface area contributed by atoms with Crippen LogP contribution in [0.15, 0.2) is 12.7 Å². The Morgan fingerprint density at radius 1 is 1.58 bits per heavy atom. The smallest absolute Gasteiger partial charge is 0.232 e. The number of hydrogen-bond acceptors (Lipinski definition) is 2. The molecule has 0 N–H and O–H groups in total. The van der Waals surface area contributed by atoms with Crippen LogP contribution >= 0.6 is 0 Å². The van der Waals surface area contributed by atoms with E-state index in [2.05, 4.69) is 32.3 Å². The van der Waals surface area contributed by atoms with Crippen molar-refractivity contribution in [3.05, 3.63) is 12.7 Å². The Morgan fingerprint density at radius 2 is 2.32 bits per heavy atom. The molecule has 0 unspecified atom stereocenters. The minimum absolute atomic E-state index is 0.218. The SMILES string of the molecule is C=CC[C@]12CCC[C@H]1[C@@]1(C)OC[C@H](C(C)C)N1C2=O. The van der Waals surface area contributed by atoms with Crippen LogP contribution < -0.4 is 0 Å². The average Bonchev–Trinajstić information content (AvgIpc) is 2.95. The van der Waals surface area contributed by atoms with Gasteiger partial charge in [-0.2, -0.15) is 0 Å². The summed E-state index contributed by atoms with van der Waals surface area (Å²) in [5, 5.41) is 0. The van der Waals surface area contributed by atoms with E-state index in [-0.39, 0.29) is 17.2 Å². The number of carbonyl (C=O) groups excluding carboxylic acids is 1. The molecule has 3 rings (SSSR count). The minimum atomic E-state index is -0.370. The van der Waals surface area contributed by atoms with Gasteiger partial charge in [-0.05, 0) is 32.1 Å². The number of hydrogen-bond donors (Lipinski definition) is 0. The lowest BCUT2D eigenvalue weighted by Crippen LogP contribution is -2.47. The van der Waals surface area contributed by atoms with Gasteiger partial charge in [0.25, 0.3) is 0 Å². The molecule has 106 valence electrons. The molecule has 1 amide bonds. The summed E-state index contributed by atoms with van der Waals surface area (Å²) in [7, 11) is 0. The number of rotatable bonds is 3. The van der Waals surface area contributed by atoms with E-state index in [4.69, 9.17) is 4.74 Å². The quantitative estimate of drug-likeness (QED) is 0.733. The molecule has 19 heavy (non-hydrogen) atoms. The van der Waals surface area contributed by atoms with Crippen LogP contribution in [0.5, 0.6) is 0 Å². The lowest BCUT2D eigenvalue weighted by Gasteiger charge is -2.34. The molecule has 0 radical (unpaired) electrons. The maximum atomic E-state index is 13.1. The normalized spacial score (nSPS) is 44.8. The van der Waals surface area contributed by atoms with Gasteiger partial charge in [-0.25, -0.2) is 0 Å². The Hall–Kier alpha value is -0.830. The van der Waals surface area contributed by atoms with Gasteiger partial charge in [0.15, 0.2) is 0 Å². The third-order valence-corrected chi connectivity index (χ3v) is 5.71. The Morgan fingerprint density at radius 3 is 2.95 bits per heavy atom. The van der Waals surface area contributed by atoms with Crippen LogP contribution in [0.25, 0.3) is 0 Å². The summed E-state index contributed by atoms with van der Waals surface area (Å²) in [6.45, 7) is 11.1. The molecule has 0 bridgehead atoms. The zero-order valence-electron chi connectivity index (χ0n) is 12.3. The van der Waals surface area contributed by atoms with Crippen molar-refractivity contribution in [1.29, 1.82) is 0 Å². The Bertz CT molecular complexity index is 419. The van der Waals surface area contributed by atoms with Crippen LogP contribution in [0.3, 0.4) is 0 Å². The van der Waals surface area contributed by atoms with Crippen LogP contribution in [-0.4, -0.2) is 29.2 Å². The lowest BCUT2D eigenvalue weighted by atomic mass is 9.74. The first-order valence-corrected chi connectivity index (χ1v) is 7.56. The summed E-state index contributed by atoms with van der Waals surface area (Å²) in [4.78, 5) is 15.2. The molecule has 4 atom stereocenters. The summed E-state index contributed by atoms with van der Waals surface area (Å²) in [6, 6.07) is 0.241. The summed E-state index contributed by atoms with van der Waals surface area (Å²) < 4.78 is 6.16. The first-order chi connectivity index (χ1) is 8.97. The highest BCUT2D eigenvalue weighted by molar-refractivity contribution is 5.88. The second kappa shape index (κ2) is 4.08. The van der Waals surface area contributed by atoms with Crippen molar-refractivity contribution in [3.8, 4) is 0 Å². The van der Waals surface area contributed by atoms with Gasteiger partial charge in [-0.3, -0.25) is 4.79 Å². The molecule has 0 aromatic carbocycles. The largest absolute Gasteiger partial charge is 0.353 e. The van der Waals surface area contributed by atoms with Gasteiger partial charge in [0.05, 0.1) is 18.1 Å². The van der Waals surface area contributed by atoms with Crippen molar-refractivity contribution in [2.45, 2.75) is 58.2 Å². The topological polar surface area (TPSA) is 29.5 Å². The van der Waals surface area contributed by atoms with Gasteiger partial charge in [0, 0.05) is 5.92 Å². The van der Waals surface area contributed by atoms with Crippen LogP contribution in [0.1, 0.15) is 46.5 Å². The highest BCUT2D eigenvalue weighted by atomic mass is 16.5. The van der Waals surface area contributed by atoms with E-state index in [1.54, 1.807) is 0 Å². The summed E-state index contributed by atoms with van der Waals surface area (Å²) >= 11 is 0. The standard InChI is InChI=1S/C16H25NO2/c1-5-8-16-9-6-7-13(16)15(4)17(14(16)18)12(10-19-15)11(2)3/h5,11-13H,1,6-10H2,2-4H3/t12-,13+,15-,16+/m1/s1. The molecule has 1 aliphatic carbocycles. The van der Waals surface area contributed by atoms with Crippen LogP contribution in [-0.2, 0) is 9.53 Å². The average molecular weight is 263 g/mol. The van der Waals surface area contributed by atoms with E-state index in [1.807, 2.05) is 6.08 Å². The maximum absolute atomic E-state index is 13.1. The highest BCUT2D eigenvalue weighted by Crippen LogP contribution is 2.61. The molecule has 1 saturated carbocycles. The first kappa shape index (κ1) is 13.2. The number of nitrogens with zero attached hydrogens (tertiary/aromatic N) is 1. The molecule has 3 nitrogen and oxygen atoms in total. The number of fused-ring (bicyclic) bond motifs is 3. The fourth-order valence-corrected chi connectivity index (χ4v) is 4.78. The molecule has 2 heterocycles. The van der Waals surface area contributed by atoms with E-state index < -0.39 is 0 Å². The number of ether oxygens (including phenoxy) is 1. The monoisotopic (exact) mass is 263 g/mol. The number of amides is 1. The van der Waals surface area contributed by atoms with Crippen molar-refractivity contribution in [2.24, 2.45) is 17.3 Å². The third-order valence-electron chi connectivity index (χ3n) is 5.71. The van der Waals surface area contributed by atoms with Crippen molar-refractivity contribution >= 4 is 5.91 Å². The van der Waals surface area contributed by atoms with Gasteiger partial charge in [-0.1, -0.05) is 26.3 Å². The van der Waals surface area contributed by atoms with Gasteiger partial charge >= 0.3 is 0 Å². The zero-order chi connectivity index (χ0) is 13.8. The Kier molecular flexibility index (Phi) is 2.83. The summed E-state index contributed by atoms with van der Waals surface area (Å²) in [5.41, 5.74) is -0.588. The van der Waals surface area contributed by atoms with Gasteiger partial charge in [0.2, 0.25) is 5.91 Å².